The van der Waals surface area contributed by atoms with Crippen LogP contribution in [0, 0.1) is 0 Å². The molecule has 0 fully saturated rings. The molecule has 8 nitrogen and oxygen atoms in total. The lowest BCUT2D eigenvalue weighted by Gasteiger charge is -2.21. The highest BCUT2D eigenvalue weighted by Gasteiger charge is 2.09. The van der Waals surface area contributed by atoms with Gasteiger partial charge in [0.1, 0.15) is 0 Å². The molecule has 0 saturated heterocycles. The van der Waals surface area contributed by atoms with Gasteiger partial charge in [-0.05, 0) is 194 Å². The highest BCUT2D eigenvalue weighted by atomic mass is 16.5. The van der Waals surface area contributed by atoms with E-state index < -0.39 is 0 Å². The van der Waals surface area contributed by atoms with Crippen LogP contribution in [0.2, 0.25) is 0 Å². The molecule has 0 bridgehead atoms. The Morgan fingerprint density at radius 2 is 0.484 bits per heavy atom. The van der Waals surface area contributed by atoms with Crippen molar-refractivity contribution in [3.8, 4) is 0 Å². The third kappa shape index (κ3) is 73.4. The molecule has 536 valence electrons. The first-order valence-corrected chi connectivity index (χ1v) is 40.7. The highest BCUT2D eigenvalue weighted by molar-refractivity contribution is 5.69. The van der Waals surface area contributed by atoms with E-state index >= 15 is 0 Å². The highest BCUT2D eigenvalue weighted by Crippen LogP contribution is 2.17. The van der Waals surface area contributed by atoms with E-state index in [0.717, 1.165) is 71.0 Å². The van der Waals surface area contributed by atoms with Crippen molar-refractivity contribution in [1.29, 1.82) is 0 Å². The Balaban J connectivity index is 3.61. The van der Waals surface area contributed by atoms with Gasteiger partial charge in [-0.3, -0.25) is 9.59 Å². The van der Waals surface area contributed by atoms with Gasteiger partial charge in [0, 0.05) is 19.4 Å². The lowest BCUT2D eigenvalue weighted by molar-refractivity contribution is -0.144. The van der Waals surface area contributed by atoms with Gasteiger partial charge in [0.15, 0.2) is 0 Å². The molecule has 0 aromatic heterocycles. The summed E-state index contributed by atoms with van der Waals surface area (Å²) in [6, 6.07) is 0. The standard InChI is InChI=1S/C83H159N3O5/c1-5-9-11-13-15-17-19-21-23-25-27-29-31-40-50-60-72-84(70-7-3)74-62-52-42-33-34-46-56-66-80-90-82(88)68-58-48-38-35-43-54-64-76-86(78-79-87)77-65-55-44-36-39-49-59-69-83(89)91-81-67-57-47-37-45-53-63-75-85(71-8-4)73-61-51-41-32-30-28-26-24-22-20-18-16-14-12-10-6-2/h15-18,21-24,87H,5-14,19-20,25-81H2,1-4H3/b17-15-,18-16-,23-21-,24-22-. The minimum absolute atomic E-state index is 0.00836. The summed E-state index contributed by atoms with van der Waals surface area (Å²) in [5.41, 5.74) is 0. The number of aliphatic hydroxyl groups is 1. The average Bonchev–Trinajstić information content (AvgIpc) is 3.60. The minimum atomic E-state index is -0.00919. The van der Waals surface area contributed by atoms with Crippen molar-refractivity contribution < 1.29 is 24.2 Å². The molecule has 0 aliphatic heterocycles. The second-order valence-electron chi connectivity index (χ2n) is 27.6. The molecule has 0 aromatic rings. The van der Waals surface area contributed by atoms with Crippen molar-refractivity contribution in [3.05, 3.63) is 48.6 Å². The summed E-state index contributed by atoms with van der Waals surface area (Å²) >= 11 is 0. The summed E-state index contributed by atoms with van der Waals surface area (Å²) in [5.74, 6) is -0.0176. The largest absolute Gasteiger partial charge is 0.466 e. The van der Waals surface area contributed by atoms with Crippen LogP contribution in [0.1, 0.15) is 394 Å². The summed E-state index contributed by atoms with van der Waals surface area (Å²) in [4.78, 5) is 32.5. The Bertz CT molecular complexity index is 1550. The predicted molar refractivity (Wildman–Crippen MR) is 401 cm³/mol. The molecule has 0 aliphatic rings. The Morgan fingerprint density at radius 3 is 0.747 bits per heavy atom. The summed E-state index contributed by atoms with van der Waals surface area (Å²) in [5, 5.41) is 9.66. The molecule has 0 radical (unpaired) electrons. The fourth-order valence-corrected chi connectivity index (χ4v) is 12.7. The van der Waals surface area contributed by atoms with E-state index in [0.29, 0.717) is 26.1 Å². The number of unbranched alkanes of at least 4 members (excludes halogenated alkanes) is 43. The molecule has 0 saturated carbocycles. The number of carbonyl (C=O) groups excluding carboxylic acids is 2. The monoisotopic (exact) mass is 1280 g/mol. The Hall–Kier alpha value is -2.26. The van der Waals surface area contributed by atoms with Crippen molar-refractivity contribution in [3.63, 3.8) is 0 Å². The number of ether oxygens (including phenoxy) is 2. The van der Waals surface area contributed by atoms with Crippen LogP contribution in [0.4, 0.5) is 0 Å². The van der Waals surface area contributed by atoms with Gasteiger partial charge in [-0.1, -0.05) is 288 Å². The van der Waals surface area contributed by atoms with E-state index in [9.17, 15) is 14.7 Å². The van der Waals surface area contributed by atoms with Crippen molar-refractivity contribution in [2.45, 2.75) is 394 Å². The number of rotatable bonds is 77. The maximum absolute atomic E-state index is 12.3. The number of hydrogen-bond acceptors (Lipinski definition) is 8. The van der Waals surface area contributed by atoms with E-state index in [1.807, 2.05) is 0 Å². The van der Waals surface area contributed by atoms with Gasteiger partial charge < -0.3 is 29.3 Å². The van der Waals surface area contributed by atoms with Crippen LogP contribution >= 0.6 is 0 Å². The van der Waals surface area contributed by atoms with E-state index in [1.165, 1.54) is 341 Å². The predicted octanol–water partition coefficient (Wildman–Crippen LogP) is 24.5. The first-order chi connectivity index (χ1) is 45.0. The molecule has 0 amide bonds. The zero-order valence-electron chi connectivity index (χ0n) is 61.8. The molecule has 0 spiro atoms. The number of aliphatic hydroxyl groups excluding tert-OH is 1. The second kappa shape index (κ2) is 78.4. The fourth-order valence-electron chi connectivity index (χ4n) is 12.7. The smallest absolute Gasteiger partial charge is 0.305 e. The lowest BCUT2D eigenvalue weighted by Crippen LogP contribution is -2.29. The van der Waals surface area contributed by atoms with Gasteiger partial charge in [0.25, 0.3) is 0 Å². The Labute approximate surface area is 569 Å². The van der Waals surface area contributed by atoms with Crippen LogP contribution in [0.3, 0.4) is 0 Å². The van der Waals surface area contributed by atoms with Gasteiger partial charge in [-0.2, -0.15) is 0 Å². The Kier molecular flexibility index (Phi) is 76.5. The van der Waals surface area contributed by atoms with Crippen LogP contribution in [0.25, 0.3) is 0 Å². The van der Waals surface area contributed by atoms with Gasteiger partial charge in [-0.15, -0.1) is 0 Å². The van der Waals surface area contributed by atoms with Crippen molar-refractivity contribution in [1.82, 2.24) is 14.7 Å². The van der Waals surface area contributed by atoms with Crippen molar-refractivity contribution in [2.75, 3.05) is 78.7 Å². The van der Waals surface area contributed by atoms with Crippen LogP contribution in [0.5, 0.6) is 0 Å². The first-order valence-electron chi connectivity index (χ1n) is 40.7. The van der Waals surface area contributed by atoms with Gasteiger partial charge in [0.05, 0.1) is 19.8 Å². The molecule has 0 unspecified atom stereocenters. The number of carbonyl (C=O) groups is 2. The maximum atomic E-state index is 12.3. The molecule has 0 rings (SSSR count). The molecule has 0 atom stereocenters. The number of allylic oxidation sites excluding steroid dienone is 8. The number of hydrogen-bond donors (Lipinski definition) is 1. The lowest BCUT2D eigenvalue weighted by atomic mass is 10.1. The molecule has 0 aromatic carbocycles. The summed E-state index contributed by atoms with van der Waals surface area (Å²) < 4.78 is 11.1. The molecule has 91 heavy (non-hydrogen) atoms. The zero-order chi connectivity index (χ0) is 65.7. The van der Waals surface area contributed by atoms with Crippen LogP contribution in [-0.2, 0) is 19.1 Å². The zero-order valence-corrected chi connectivity index (χ0v) is 61.8. The molecule has 0 aliphatic carbocycles. The normalized spacial score (nSPS) is 12.2. The fraction of sp³-hybridized carbons (Fsp3) is 0.880. The van der Waals surface area contributed by atoms with Gasteiger partial charge in [-0.25, -0.2) is 0 Å². The molecular formula is C83H159N3O5. The van der Waals surface area contributed by atoms with E-state index in [-0.39, 0.29) is 18.5 Å². The number of nitrogens with zero attached hydrogens (tertiary/aromatic N) is 3. The maximum Gasteiger partial charge on any atom is 0.305 e. The summed E-state index contributed by atoms with van der Waals surface area (Å²) in [6.07, 6.45) is 89.4. The van der Waals surface area contributed by atoms with Crippen LogP contribution in [0.15, 0.2) is 48.6 Å². The van der Waals surface area contributed by atoms with Crippen LogP contribution < -0.4 is 0 Å². The second-order valence-corrected chi connectivity index (χ2v) is 27.6. The molecule has 0 heterocycles. The molecule has 1 N–H and O–H groups in total. The van der Waals surface area contributed by atoms with Gasteiger partial charge >= 0.3 is 11.9 Å². The van der Waals surface area contributed by atoms with E-state index in [4.69, 9.17) is 9.47 Å². The van der Waals surface area contributed by atoms with E-state index in [2.05, 4.69) is 91.0 Å². The average molecular weight is 1280 g/mol. The Morgan fingerprint density at radius 1 is 0.253 bits per heavy atom. The first kappa shape index (κ1) is 88.7. The molecular weight excluding hydrogens is 1120 g/mol. The third-order valence-electron chi connectivity index (χ3n) is 18.6. The third-order valence-corrected chi connectivity index (χ3v) is 18.6. The van der Waals surface area contributed by atoms with Crippen LogP contribution in [-0.4, -0.2) is 110 Å². The topological polar surface area (TPSA) is 82.6 Å². The van der Waals surface area contributed by atoms with E-state index in [1.54, 1.807) is 0 Å². The quantitative estimate of drug-likeness (QED) is 0.0366. The van der Waals surface area contributed by atoms with Crippen molar-refractivity contribution in [2.24, 2.45) is 0 Å². The summed E-state index contributed by atoms with van der Waals surface area (Å²) in [7, 11) is 0. The minimum Gasteiger partial charge on any atom is -0.466 e. The molecule has 8 heteroatoms. The summed E-state index contributed by atoms with van der Waals surface area (Å²) in [6.45, 7) is 21.1. The number of esters is 2. The van der Waals surface area contributed by atoms with Gasteiger partial charge in [0.2, 0.25) is 0 Å². The SMILES string of the molecule is CCCCC/C=C\C/C=C\CCCCCCCCN(CCC)CCCCCCCCCCOC(=O)CCCCCCCCCN(CCO)CCCCCCCCCC(=O)OCCCCCCCCCN(CCC)CCCCCCCC/C=C\C/C=C\CCCCC. The van der Waals surface area contributed by atoms with Crippen molar-refractivity contribution >= 4 is 11.9 Å².